The van der Waals surface area contributed by atoms with Gasteiger partial charge in [-0.15, -0.1) is 11.8 Å². The summed E-state index contributed by atoms with van der Waals surface area (Å²) < 4.78 is 13.6. The third kappa shape index (κ3) is 4.30. The van der Waals surface area contributed by atoms with Crippen molar-refractivity contribution in [3.05, 3.63) is 29.6 Å². The second-order valence-electron chi connectivity index (χ2n) is 3.81. The van der Waals surface area contributed by atoms with Gasteiger partial charge in [0.2, 0.25) is 0 Å². The lowest BCUT2D eigenvalue weighted by molar-refractivity contribution is 0.324. The molecular weight excluding hydrogens is 235 g/mol. The minimum absolute atomic E-state index is 0.155. The van der Waals surface area contributed by atoms with Crippen LogP contribution in [0.4, 0.5) is 4.39 Å². The summed E-state index contributed by atoms with van der Waals surface area (Å²) in [7, 11) is 0. The molecule has 0 atom stereocenters. The molecule has 0 heterocycles. The first-order valence-electron chi connectivity index (χ1n) is 6.05. The molecule has 0 bridgehead atoms. The van der Waals surface area contributed by atoms with E-state index in [1.807, 2.05) is 6.07 Å². The fraction of sp³-hybridized carbons (Fsp3) is 0.538. The molecule has 0 amide bonds. The van der Waals surface area contributed by atoms with E-state index >= 15 is 0 Å². The Bertz CT molecular complexity index is 340. The normalized spacial score (nSPS) is 11.1. The smallest absolute Gasteiger partial charge is 0.137 e. The van der Waals surface area contributed by atoms with Crippen molar-refractivity contribution in [2.24, 2.45) is 5.73 Å². The number of hydrogen-bond donors (Lipinski definition) is 1. The number of thioether (sulfide) groups is 1. The Kier molecular flexibility index (Phi) is 6.55. The van der Waals surface area contributed by atoms with E-state index in [1.165, 1.54) is 6.07 Å². The van der Waals surface area contributed by atoms with Gasteiger partial charge in [0.25, 0.3) is 0 Å². The molecule has 1 aromatic carbocycles. The summed E-state index contributed by atoms with van der Waals surface area (Å²) in [5, 5.41) is 0. The van der Waals surface area contributed by atoms with Crippen molar-refractivity contribution in [3.63, 3.8) is 0 Å². The highest BCUT2D eigenvalue weighted by molar-refractivity contribution is 7.99. The van der Waals surface area contributed by atoms with Crippen LogP contribution in [0.5, 0.6) is 0 Å². The highest BCUT2D eigenvalue weighted by Crippen LogP contribution is 2.25. The van der Waals surface area contributed by atoms with Crippen LogP contribution in [0.3, 0.4) is 0 Å². The van der Waals surface area contributed by atoms with Gasteiger partial charge in [-0.3, -0.25) is 0 Å². The van der Waals surface area contributed by atoms with Crippen LogP contribution in [0, 0.1) is 5.82 Å². The molecule has 0 aliphatic carbocycles. The Balaban J connectivity index is 2.56. The van der Waals surface area contributed by atoms with Crippen molar-refractivity contribution in [2.45, 2.75) is 25.3 Å². The average molecular weight is 256 g/mol. The zero-order valence-electron chi connectivity index (χ0n) is 10.6. The van der Waals surface area contributed by atoms with Crippen LogP contribution in [0.1, 0.15) is 19.4 Å². The van der Waals surface area contributed by atoms with E-state index in [4.69, 9.17) is 5.73 Å². The number of nitrogens with zero attached hydrogens (tertiary/aromatic N) is 1. The van der Waals surface area contributed by atoms with Gasteiger partial charge in [0, 0.05) is 23.7 Å². The molecule has 0 saturated carbocycles. The van der Waals surface area contributed by atoms with E-state index in [2.05, 4.69) is 18.7 Å². The van der Waals surface area contributed by atoms with E-state index in [0.29, 0.717) is 11.4 Å². The predicted octanol–water partition coefficient (Wildman–Crippen LogP) is 2.72. The molecular formula is C13H21FN2S. The average Bonchev–Trinajstić information content (AvgIpc) is 2.36. The molecule has 0 saturated heterocycles. The molecule has 0 fully saturated rings. The Morgan fingerprint density at radius 2 is 2.00 bits per heavy atom. The molecule has 0 aromatic heterocycles. The molecule has 0 aliphatic heterocycles. The maximum absolute atomic E-state index is 13.6. The van der Waals surface area contributed by atoms with Gasteiger partial charge in [0.1, 0.15) is 5.82 Å². The minimum atomic E-state index is -0.155. The predicted molar refractivity (Wildman–Crippen MR) is 72.8 cm³/mol. The lowest BCUT2D eigenvalue weighted by atomic mass is 10.2. The number of halogens is 1. The van der Waals surface area contributed by atoms with Gasteiger partial charge < -0.3 is 10.6 Å². The molecule has 17 heavy (non-hydrogen) atoms. The zero-order chi connectivity index (χ0) is 12.7. The summed E-state index contributed by atoms with van der Waals surface area (Å²) >= 11 is 1.56. The molecule has 4 heteroatoms. The maximum Gasteiger partial charge on any atom is 0.137 e. The first-order valence-corrected chi connectivity index (χ1v) is 7.04. The molecule has 1 aromatic rings. The summed E-state index contributed by atoms with van der Waals surface area (Å²) in [5.74, 6) is 0.743. The lowest BCUT2D eigenvalue weighted by Gasteiger charge is -2.18. The largest absolute Gasteiger partial charge is 0.326 e. The molecule has 96 valence electrons. The van der Waals surface area contributed by atoms with Crippen molar-refractivity contribution < 1.29 is 4.39 Å². The minimum Gasteiger partial charge on any atom is -0.326 e. The zero-order valence-corrected chi connectivity index (χ0v) is 11.4. The number of benzene rings is 1. The Morgan fingerprint density at radius 3 is 2.59 bits per heavy atom. The monoisotopic (exact) mass is 256 g/mol. The Morgan fingerprint density at radius 1 is 1.29 bits per heavy atom. The van der Waals surface area contributed by atoms with E-state index < -0.39 is 0 Å². The lowest BCUT2D eigenvalue weighted by Crippen LogP contribution is -2.25. The third-order valence-corrected chi connectivity index (χ3v) is 3.95. The van der Waals surface area contributed by atoms with Gasteiger partial charge in [0.05, 0.1) is 0 Å². The van der Waals surface area contributed by atoms with Crippen LogP contribution in [-0.4, -0.2) is 30.3 Å². The second kappa shape index (κ2) is 7.69. The summed E-state index contributed by atoms with van der Waals surface area (Å²) in [5.41, 5.74) is 6.51. The highest BCUT2D eigenvalue weighted by atomic mass is 32.2. The fourth-order valence-electron chi connectivity index (χ4n) is 1.69. The van der Waals surface area contributed by atoms with Crippen LogP contribution in [0.25, 0.3) is 0 Å². The quantitative estimate of drug-likeness (QED) is 0.761. The highest BCUT2D eigenvalue weighted by Gasteiger charge is 2.08. The van der Waals surface area contributed by atoms with Crippen LogP contribution in [-0.2, 0) is 6.54 Å². The van der Waals surface area contributed by atoms with Crippen LogP contribution in [0.15, 0.2) is 23.1 Å². The fourth-order valence-corrected chi connectivity index (χ4v) is 2.79. The van der Waals surface area contributed by atoms with E-state index in [9.17, 15) is 4.39 Å². The van der Waals surface area contributed by atoms with Crippen LogP contribution >= 0.6 is 11.8 Å². The van der Waals surface area contributed by atoms with Gasteiger partial charge in [0.15, 0.2) is 0 Å². The molecule has 0 spiro atoms. The standard InChI is InChI=1S/C13H21FN2S/c1-3-16(4-2)8-9-17-13-11(10-15)6-5-7-12(13)14/h5-7H,3-4,8-10,15H2,1-2H3. The Labute approximate surface area is 107 Å². The first kappa shape index (κ1) is 14.5. The van der Waals surface area contributed by atoms with Crippen molar-refractivity contribution in [3.8, 4) is 0 Å². The topological polar surface area (TPSA) is 29.3 Å². The molecule has 0 radical (unpaired) electrons. The summed E-state index contributed by atoms with van der Waals surface area (Å²) in [6.45, 7) is 7.74. The van der Waals surface area contributed by atoms with Crippen molar-refractivity contribution in [2.75, 3.05) is 25.4 Å². The molecule has 2 N–H and O–H groups in total. The molecule has 1 rings (SSSR count). The van der Waals surface area contributed by atoms with E-state index in [1.54, 1.807) is 17.8 Å². The van der Waals surface area contributed by atoms with Gasteiger partial charge in [-0.05, 0) is 24.7 Å². The van der Waals surface area contributed by atoms with Crippen molar-refractivity contribution in [1.82, 2.24) is 4.90 Å². The van der Waals surface area contributed by atoms with Crippen LogP contribution in [0.2, 0.25) is 0 Å². The second-order valence-corrected chi connectivity index (χ2v) is 4.91. The number of rotatable bonds is 7. The maximum atomic E-state index is 13.6. The SMILES string of the molecule is CCN(CC)CCSc1c(F)cccc1CN. The Hall–Kier alpha value is -0.580. The molecule has 0 unspecified atom stereocenters. The summed E-state index contributed by atoms with van der Waals surface area (Å²) in [6, 6.07) is 5.10. The van der Waals surface area contributed by atoms with E-state index in [-0.39, 0.29) is 5.82 Å². The summed E-state index contributed by atoms with van der Waals surface area (Å²) in [4.78, 5) is 3.04. The van der Waals surface area contributed by atoms with E-state index in [0.717, 1.165) is 31.0 Å². The van der Waals surface area contributed by atoms with Crippen LogP contribution < -0.4 is 5.73 Å². The molecule has 0 aliphatic rings. The van der Waals surface area contributed by atoms with Gasteiger partial charge in [-0.2, -0.15) is 0 Å². The first-order chi connectivity index (χ1) is 8.22. The molecule has 2 nitrogen and oxygen atoms in total. The number of hydrogen-bond acceptors (Lipinski definition) is 3. The number of nitrogens with two attached hydrogens (primary N) is 1. The third-order valence-electron chi connectivity index (χ3n) is 2.82. The van der Waals surface area contributed by atoms with Crippen molar-refractivity contribution >= 4 is 11.8 Å². The van der Waals surface area contributed by atoms with Crippen molar-refractivity contribution in [1.29, 1.82) is 0 Å². The van der Waals surface area contributed by atoms with Gasteiger partial charge in [-0.1, -0.05) is 26.0 Å². The van der Waals surface area contributed by atoms with Gasteiger partial charge in [-0.25, -0.2) is 4.39 Å². The summed E-state index contributed by atoms with van der Waals surface area (Å²) in [6.07, 6.45) is 0. The van der Waals surface area contributed by atoms with Gasteiger partial charge >= 0.3 is 0 Å².